The molecule has 2 rings (SSSR count). The molecule has 8 heteroatoms. The second kappa shape index (κ2) is 5.47. The predicted octanol–water partition coefficient (Wildman–Crippen LogP) is 3.10. The summed E-state index contributed by atoms with van der Waals surface area (Å²) in [6.07, 6.45) is 0. The third-order valence-electron chi connectivity index (χ3n) is 2.34. The smallest absolute Gasteiger partial charge is 0.331 e. The molecule has 0 bridgehead atoms. The van der Waals surface area contributed by atoms with E-state index in [1.165, 1.54) is 12.1 Å². The molecule has 20 heavy (non-hydrogen) atoms. The van der Waals surface area contributed by atoms with Crippen molar-refractivity contribution in [3.05, 3.63) is 52.1 Å². The molecule has 0 aliphatic heterocycles. The molecule has 0 atom stereocenters. The first kappa shape index (κ1) is 13.7. The summed E-state index contributed by atoms with van der Waals surface area (Å²) in [7, 11) is 1.57. The second-order valence-electron chi connectivity index (χ2n) is 3.74. The molecular weight excluding hydrogens is 272 g/mol. The first-order chi connectivity index (χ1) is 9.49. The maximum absolute atomic E-state index is 13.0. The minimum Gasteiger partial charge on any atom is -0.433 e. The maximum Gasteiger partial charge on any atom is 0.331 e. The Morgan fingerprint density at radius 3 is 2.45 bits per heavy atom. The SMILES string of the molecule is CNc1ccc([N+](=O)[O-])c(Oc2cc(F)cc(F)c2)n1. The highest BCUT2D eigenvalue weighted by Gasteiger charge is 2.18. The van der Waals surface area contributed by atoms with Crippen molar-refractivity contribution in [2.45, 2.75) is 0 Å². The van der Waals surface area contributed by atoms with Gasteiger partial charge in [-0.05, 0) is 6.07 Å². The molecule has 104 valence electrons. The zero-order chi connectivity index (χ0) is 14.7. The number of pyridine rings is 1. The highest BCUT2D eigenvalue weighted by molar-refractivity contribution is 5.50. The van der Waals surface area contributed by atoms with E-state index in [1.807, 2.05) is 0 Å². The quantitative estimate of drug-likeness (QED) is 0.688. The van der Waals surface area contributed by atoms with Crippen molar-refractivity contribution < 1.29 is 18.4 Å². The van der Waals surface area contributed by atoms with E-state index in [0.29, 0.717) is 11.9 Å². The number of nitrogens with zero attached hydrogens (tertiary/aromatic N) is 2. The Hall–Kier alpha value is -2.77. The van der Waals surface area contributed by atoms with E-state index in [9.17, 15) is 18.9 Å². The van der Waals surface area contributed by atoms with Crippen LogP contribution >= 0.6 is 0 Å². The first-order valence-electron chi connectivity index (χ1n) is 5.46. The summed E-state index contributed by atoms with van der Waals surface area (Å²) < 4.78 is 31.2. The number of rotatable bonds is 4. The van der Waals surface area contributed by atoms with Gasteiger partial charge in [0.25, 0.3) is 0 Å². The number of hydrogen-bond acceptors (Lipinski definition) is 5. The molecule has 0 saturated heterocycles. The fourth-order valence-corrected chi connectivity index (χ4v) is 1.49. The lowest BCUT2D eigenvalue weighted by molar-refractivity contribution is -0.386. The molecule has 0 amide bonds. The summed E-state index contributed by atoms with van der Waals surface area (Å²) in [5, 5.41) is 13.5. The maximum atomic E-state index is 13.0. The van der Waals surface area contributed by atoms with Crippen LogP contribution in [0.3, 0.4) is 0 Å². The highest BCUT2D eigenvalue weighted by Crippen LogP contribution is 2.31. The molecule has 0 saturated carbocycles. The molecule has 1 N–H and O–H groups in total. The van der Waals surface area contributed by atoms with Gasteiger partial charge in [0.1, 0.15) is 23.2 Å². The summed E-state index contributed by atoms with van der Waals surface area (Å²) in [4.78, 5) is 14.0. The third kappa shape index (κ3) is 2.97. The third-order valence-corrected chi connectivity index (χ3v) is 2.34. The summed E-state index contributed by atoms with van der Waals surface area (Å²) in [5.74, 6) is -1.96. The Bertz CT molecular complexity index is 644. The first-order valence-corrected chi connectivity index (χ1v) is 5.46. The van der Waals surface area contributed by atoms with E-state index in [-0.39, 0.29) is 11.6 Å². The average molecular weight is 281 g/mol. The minimum absolute atomic E-state index is 0.216. The van der Waals surface area contributed by atoms with Crippen LogP contribution in [-0.2, 0) is 0 Å². The van der Waals surface area contributed by atoms with Crippen LogP contribution in [0.5, 0.6) is 11.6 Å². The molecule has 0 aliphatic carbocycles. The van der Waals surface area contributed by atoms with Gasteiger partial charge < -0.3 is 10.1 Å². The van der Waals surface area contributed by atoms with E-state index in [0.717, 1.165) is 12.1 Å². The number of nitro groups is 1. The summed E-state index contributed by atoms with van der Waals surface area (Å²) >= 11 is 0. The van der Waals surface area contributed by atoms with Gasteiger partial charge in [-0.3, -0.25) is 10.1 Å². The van der Waals surface area contributed by atoms with Crippen LogP contribution in [0.15, 0.2) is 30.3 Å². The Morgan fingerprint density at radius 1 is 1.25 bits per heavy atom. The lowest BCUT2D eigenvalue weighted by Gasteiger charge is -2.07. The topological polar surface area (TPSA) is 77.3 Å². The van der Waals surface area contributed by atoms with Crippen LogP contribution in [0.4, 0.5) is 20.3 Å². The lowest BCUT2D eigenvalue weighted by atomic mass is 10.3. The molecule has 2 aromatic rings. The van der Waals surface area contributed by atoms with Gasteiger partial charge in [0.2, 0.25) is 0 Å². The van der Waals surface area contributed by atoms with Crippen LogP contribution in [0, 0.1) is 21.7 Å². The second-order valence-corrected chi connectivity index (χ2v) is 3.74. The van der Waals surface area contributed by atoms with Gasteiger partial charge in [0.15, 0.2) is 0 Å². The average Bonchev–Trinajstić information content (AvgIpc) is 2.37. The van der Waals surface area contributed by atoms with Crippen molar-refractivity contribution in [3.63, 3.8) is 0 Å². The molecule has 0 unspecified atom stereocenters. The van der Waals surface area contributed by atoms with E-state index in [1.54, 1.807) is 7.05 Å². The monoisotopic (exact) mass is 281 g/mol. The van der Waals surface area contributed by atoms with Gasteiger partial charge >= 0.3 is 11.6 Å². The van der Waals surface area contributed by atoms with E-state index >= 15 is 0 Å². The van der Waals surface area contributed by atoms with E-state index in [4.69, 9.17) is 4.74 Å². The van der Waals surface area contributed by atoms with Gasteiger partial charge in [-0.2, -0.15) is 4.98 Å². The molecular formula is C12H9F2N3O3. The van der Waals surface area contributed by atoms with Crippen molar-refractivity contribution in [3.8, 4) is 11.6 Å². The van der Waals surface area contributed by atoms with Gasteiger partial charge in [0, 0.05) is 31.3 Å². The van der Waals surface area contributed by atoms with Gasteiger partial charge in [-0.1, -0.05) is 0 Å². The molecule has 0 radical (unpaired) electrons. The molecule has 6 nitrogen and oxygen atoms in total. The van der Waals surface area contributed by atoms with Crippen molar-refractivity contribution in [2.24, 2.45) is 0 Å². The van der Waals surface area contributed by atoms with E-state index < -0.39 is 22.2 Å². The van der Waals surface area contributed by atoms with Crippen molar-refractivity contribution >= 4 is 11.5 Å². The summed E-state index contributed by atoms with van der Waals surface area (Å²) in [5.41, 5.74) is -0.409. The molecule has 0 fully saturated rings. The van der Waals surface area contributed by atoms with Crippen molar-refractivity contribution in [2.75, 3.05) is 12.4 Å². The van der Waals surface area contributed by atoms with Crippen LogP contribution in [0.25, 0.3) is 0 Å². The standard InChI is InChI=1S/C12H9F2N3O3/c1-15-11-3-2-10(17(18)19)12(16-11)20-9-5-7(13)4-8(14)6-9/h2-6H,1H3,(H,15,16). The number of anilines is 1. The normalized spacial score (nSPS) is 10.2. The van der Waals surface area contributed by atoms with Gasteiger partial charge in [-0.15, -0.1) is 0 Å². The lowest BCUT2D eigenvalue weighted by Crippen LogP contribution is -1.99. The van der Waals surface area contributed by atoms with Gasteiger partial charge in [-0.25, -0.2) is 8.78 Å². The predicted molar refractivity (Wildman–Crippen MR) is 66.9 cm³/mol. The number of benzene rings is 1. The fourth-order valence-electron chi connectivity index (χ4n) is 1.49. The van der Waals surface area contributed by atoms with Crippen LogP contribution < -0.4 is 10.1 Å². The zero-order valence-corrected chi connectivity index (χ0v) is 10.3. The number of aromatic nitrogens is 1. The summed E-state index contributed by atoms with van der Waals surface area (Å²) in [6.45, 7) is 0. The Kier molecular flexibility index (Phi) is 3.74. The largest absolute Gasteiger partial charge is 0.433 e. The number of halogens is 2. The van der Waals surface area contributed by atoms with Crippen LogP contribution in [0.2, 0.25) is 0 Å². The summed E-state index contributed by atoms with van der Waals surface area (Å²) in [6, 6.07) is 5.04. The van der Waals surface area contributed by atoms with Crippen molar-refractivity contribution in [1.82, 2.24) is 4.98 Å². The van der Waals surface area contributed by atoms with Crippen molar-refractivity contribution in [1.29, 1.82) is 0 Å². The van der Waals surface area contributed by atoms with Crippen LogP contribution in [0.1, 0.15) is 0 Å². The Morgan fingerprint density at radius 2 is 1.90 bits per heavy atom. The number of ether oxygens (including phenoxy) is 1. The Balaban J connectivity index is 2.42. The number of hydrogen-bond donors (Lipinski definition) is 1. The highest BCUT2D eigenvalue weighted by atomic mass is 19.1. The molecule has 0 aliphatic rings. The zero-order valence-electron chi connectivity index (χ0n) is 10.3. The minimum atomic E-state index is -0.854. The molecule has 1 aromatic carbocycles. The molecule has 0 spiro atoms. The number of nitrogens with one attached hydrogen (secondary N) is 1. The van der Waals surface area contributed by atoms with Gasteiger partial charge in [0.05, 0.1) is 4.92 Å². The molecule has 1 aromatic heterocycles. The van der Waals surface area contributed by atoms with Crippen LogP contribution in [-0.4, -0.2) is 17.0 Å². The fraction of sp³-hybridized carbons (Fsp3) is 0.0833. The van der Waals surface area contributed by atoms with E-state index in [2.05, 4.69) is 10.3 Å². The molecule has 1 heterocycles. The Labute approximate surface area is 112 Å².